The average Bonchev–Trinajstić information content (AvgIpc) is 3.43. The monoisotopic (exact) mass is 498 g/mol. The highest BCUT2D eigenvalue weighted by molar-refractivity contribution is 5.99. The first-order valence-corrected chi connectivity index (χ1v) is 11.8. The summed E-state index contributed by atoms with van der Waals surface area (Å²) in [7, 11) is 1.55. The van der Waals surface area contributed by atoms with E-state index in [-0.39, 0.29) is 17.5 Å². The lowest BCUT2D eigenvalue weighted by atomic mass is 9.81. The van der Waals surface area contributed by atoms with Gasteiger partial charge >= 0.3 is 0 Å². The minimum Gasteiger partial charge on any atom is -0.480 e. The molecule has 3 heterocycles. The van der Waals surface area contributed by atoms with Gasteiger partial charge in [-0.1, -0.05) is 11.3 Å². The average molecular weight is 499 g/mol. The summed E-state index contributed by atoms with van der Waals surface area (Å²) in [6.07, 6.45) is 2.72. The normalized spacial score (nSPS) is 20.2. The summed E-state index contributed by atoms with van der Waals surface area (Å²) in [6.45, 7) is 3.09. The molecule has 0 unspecified atom stereocenters. The van der Waals surface area contributed by atoms with Crippen LogP contribution in [0.15, 0.2) is 24.4 Å². The molecule has 0 radical (unpaired) electrons. The number of nitrogens with one attached hydrogen (secondary N) is 3. The number of hydrogen-bond acceptors (Lipinski definition) is 7. The molecule has 5 rings (SSSR count). The lowest BCUT2D eigenvalue weighted by Gasteiger charge is -2.38. The number of ether oxygens (including phenoxy) is 1. The molecule has 1 saturated carbocycles. The number of rotatable bonds is 7. The largest absolute Gasteiger partial charge is 0.480 e. The number of carbonyl (C=O) groups excluding carboxylic acids is 1. The SMILES string of the molecule is COc1nc(NC2CCC(C)(NC(C)=O)CC2)nc2[nH]cc(-c3ccc4nnn(CC(F)F)c4c3)c12. The van der Waals surface area contributed by atoms with Gasteiger partial charge in [0.2, 0.25) is 17.7 Å². The standard InChI is InChI=1S/C24H28F2N8O2/c1-13(35)31-24(2)8-6-15(7-9-24)28-23-29-21-20(22(30-23)36-3)16(11-27-21)14-4-5-17-18(10-14)34(33-32-17)12-19(25)26/h4-5,10-11,15,19H,6-9,12H2,1-3H3,(H,31,35)(H2,27,28,29,30). The van der Waals surface area contributed by atoms with Crippen LogP contribution in [-0.4, -0.2) is 61.0 Å². The first-order chi connectivity index (χ1) is 17.2. The second-order valence-corrected chi connectivity index (χ2v) is 9.51. The van der Waals surface area contributed by atoms with E-state index in [9.17, 15) is 13.6 Å². The number of fused-ring (bicyclic) bond motifs is 2. The van der Waals surface area contributed by atoms with Crippen LogP contribution in [0.1, 0.15) is 39.5 Å². The van der Waals surface area contributed by atoms with Crippen LogP contribution in [0.5, 0.6) is 5.88 Å². The molecule has 1 fully saturated rings. The predicted molar refractivity (Wildman–Crippen MR) is 131 cm³/mol. The highest BCUT2D eigenvalue weighted by Crippen LogP contribution is 2.36. The Balaban J connectivity index is 1.41. The van der Waals surface area contributed by atoms with Crippen molar-refractivity contribution in [2.45, 2.75) is 64.1 Å². The van der Waals surface area contributed by atoms with Crippen molar-refractivity contribution < 1.29 is 18.3 Å². The van der Waals surface area contributed by atoms with E-state index in [0.29, 0.717) is 33.9 Å². The topological polar surface area (TPSA) is 123 Å². The molecule has 190 valence electrons. The Morgan fingerprint density at radius 1 is 1.31 bits per heavy atom. The molecular weight excluding hydrogens is 470 g/mol. The molecule has 0 saturated heterocycles. The van der Waals surface area contributed by atoms with E-state index in [1.807, 2.05) is 6.07 Å². The number of halogens is 2. The first kappa shape index (κ1) is 23.9. The van der Waals surface area contributed by atoms with Crippen LogP contribution < -0.4 is 15.4 Å². The lowest BCUT2D eigenvalue weighted by Crippen LogP contribution is -2.49. The lowest BCUT2D eigenvalue weighted by molar-refractivity contribution is -0.121. The fourth-order valence-corrected chi connectivity index (χ4v) is 4.97. The van der Waals surface area contributed by atoms with E-state index in [1.165, 1.54) is 4.68 Å². The van der Waals surface area contributed by atoms with Gasteiger partial charge in [0, 0.05) is 30.3 Å². The summed E-state index contributed by atoms with van der Waals surface area (Å²) >= 11 is 0. The predicted octanol–water partition coefficient (Wildman–Crippen LogP) is 3.89. The fourth-order valence-electron chi connectivity index (χ4n) is 4.97. The highest BCUT2D eigenvalue weighted by atomic mass is 19.3. The quantitative estimate of drug-likeness (QED) is 0.353. The van der Waals surface area contributed by atoms with E-state index in [1.54, 1.807) is 32.4 Å². The molecule has 1 aliphatic rings. The third-order valence-corrected chi connectivity index (χ3v) is 6.73. The van der Waals surface area contributed by atoms with Gasteiger partial charge in [-0.15, -0.1) is 5.10 Å². The molecule has 10 nitrogen and oxygen atoms in total. The zero-order valence-electron chi connectivity index (χ0n) is 20.3. The number of benzene rings is 1. The number of aromatic nitrogens is 6. The molecule has 0 spiro atoms. The molecule has 1 aliphatic carbocycles. The van der Waals surface area contributed by atoms with Crippen molar-refractivity contribution in [1.82, 2.24) is 35.3 Å². The third-order valence-electron chi connectivity index (χ3n) is 6.73. The van der Waals surface area contributed by atoms with Gasteiger partial charge < -0.3 is 20.4 Å². The number of amides is 1. The van der Waals surface area contributed by atoms with Crippen LogP contribution in [0.4, 0.5) is 14.7 Å². The van der Waals surface area contributed by atoms with Crippen LogP contribution in [0.3, 0.4) is 0 Å². The van der Waals surface area contributed by atoms with Crippen molar-refractivity contribution in [3.8, 4) is 17.0 Å². The van der Waals surface area contributed by atoms with Gasteiger partial charge in [0.25, 0.3) is 6.43 Å². The number of methoxy groups -OCH3 is 1. The third kappa shape index (κ3) is 4.67. The van der Waals surface area contributed by atoms with Crippen molar-refractivity contribution in [2.75, 3.05) is 12.4 Å². The van der Waals surface area contributed by atoms with Crippen LogP contribution in [-0.2, 0) is 11.3 Å². The van der Waals surface area contributed by atoms with Gasteiger partial charge in [0.05, 0.1) is 18.0 Å². The summed E-state index contributed by atoms with van der Waals surface area (Å²) in [4.78, 5) is 23.9. The maximum atomic E-state index is 13.0. The van der Waals surface area contributed by atoms with Gasteiger partial charge in [-0.05, 0) is 50.3 Å². The van der Waals surface area contributed by atoms with Gasteiger partial charge in [0.1, 0.15) is 17.7 Å². The molecule has 0 aliphatic heterocycles. The molecule has 3 aromatic heterocycles. The summed E-state index contributed by atoms with van der Waals surface area (Å²) in [5, 5.41) is 15.0. The zero-order chi connectivity index (χ0) is 25.4. The Bertz CT molecular complexity index is 1410. The van der Waals surface area contributed by atoms with Crippen LogP contribution in [0, 0.1) is 0 Å². The van der Waals surface area contributed by atoms with Gasteiger partial charge in [-0.2, -0.15) is 9.97 Å². The maximum Gasteiger partial charge on any atom is 0.258 e. The Morgan fingerprint density at radius 3 is 2.78 bits per heavy atom. The molecule has 1 amide bonds. The van der Waals surface area contributed by atoms with Crippen LogP contribution in [0.25, 0.3) is 33.2 Å². The number of carbonyl (C=O) groups is 1. The molecular formula is C24H28F2N8O2. The number of aromatic amines is 1. The molecule has 0 bridgehead atoms. The van der Waals surface area contributed by atoms with E-state index in [2.05, 4.69) is 42.8 Å². The number of anilines is 1. The van der Waals surface area contributed by atoms with Crippen molar-refractivity contribution >= 4 is 33.9 Å². The van der Waals surface area contributed by atoms with E-state index < -0.39 is 13.0 Å². The number of alkyl halides is 2. The second kappa shape index (κ2) is 9.32. The van der Waals surface area contributed by atoms with Crippen molar-refractivity contribution in [3.05, 3.63) is 24.4 Å². The molecule has 4 aromatic rings. The molecule has 0 atom stereocenters. The fraction of sp³-hybridized carbons (Fsp3) is 0.458. The summed E-state index contributed by atoms with van der Waals surface area (Å²) in [6, 6.07) is 5.56. The van der Waals surface area contributed by atoms with E-state index >= 15 is 0 Å². The Kier molecular flexibility index (Phi) is 6.19. The second-order valence-electron chi connectivity index (χ2n) is 9.51. The zero-order valence-corrected chi connectivity index (χ0v) is 20.3. The molecule has 1 aromatic carbocycles. The minimum absolute atomic E-state index is 0.0149. The molecule has 12 heteroatoms. The Morgan fingerprint density at radius 2 is 2.08 bits per heavy atom. The molecule has 3 N–H and O–H groups in total. The Labute approximate surface area is 205 Å². The van der Waals surface area contributed by atoms with Crippen molar-refractivity contribution in [3.63, 3.8) is 0 Å². The summed E-state index contributed by atoms with van der Waals surface area (Å²) in [5.74, 6) is 0.839. The maximum absolute atomic E-state index is 13.0. The first-order valence-electron chi connectivity index (χ1n) is 11.8. The van der Waals surface area contributed by atoms with E-state index in [4.69, 9.17) is 4.74 Å². The van der Waals surface area contributed by atoms with Gasteiger partial charge in [0.15, 0.2) is 0 Å². The number of nitrogens with zero attached hydrogens (tertiary/aromatic N) is 5. The summed E-state index contributed by atoms with van der Waals surface area (Å²) in [5.41, 5.74) is 3.02. The van der Waals surface area contributed by atoms with E-state index in [0.717, 1.165) is 36.8 Å². The number of hydrogen-bond donors (Lipinski definition) is 3. The van der Waals surface area contributed by atoms with Crippen LogP contribution >= 0.6 is 0 Å². The highest BCUT2D eigenvalue weighted by Gasteiger charge is 2.32. The smallest absolute Gasteiger partial charge is 0.258 e. The van der Waals surface area contributed by atoms with Crippen molar-refractivity contribution in [2.24, 2.45) is 0 Å². The van der Waals surface area contributed by atoms with Crippen molar-refractivity contribution in [1.29, 1.82) is 0 Å². The molecule has 36 heavy (non-hydrogen) atoms. The van der Waals surface area contributed by atoms with Gasteiger partial charge in [-0.25, -0.2) is 13.5 Å². The Hall–Kier alpha value is -3.83. The van der Waals surface area contributed by atoms with Gasteiger partial charge in [-0.3, -0.25) is 4.79 Å². The van der Waals surface area contributed by atoms with Crippen LogP contribution in [0.2, 0.25) is 0 Å². The minimum atomic E-state index is -2.53. The number of H-pyrrole nitrogens is 1. The summed E-state index contributed by atoms with van der Waals surface area (Å²) < 4.78 is 32.7.